The molecule has 0 N–H and O–H groups in total. The van der Waals surface area contributed by atoms with E-state index in [1.807, 2.05) is 60.7 Å². The largest absolute Gasteiger partial charge is 0.322 e. The Hall–Kier alpha value is -1.50. The summed E-state index contributed by atoms with van der Waals surface area (Å²) in [6.45, 7) is 0. The second kappa shape index (κ2) is 6.73. The third-order valence-corrected chi connectivity index (χ3v) is 6.61. The summed E-state index contributed by atoms with van der Waals surface area (Å²) in [5.74, 6) is 0. The Labute approximate surface area is 144 Å². The van der Waals surface area contributed by atoms with Crippen LogP contribution in [-0.4, -0.2) is 4.92 Å². The number of benzene rings is 2. The minimum atomic E-state index is -0.303. The summed E-state index contributed by atoms with van der Waals surface area (Å²) >= 11 is 6.16. The van der Waals surface area contributed by atoms with Gasteiger partial charge in [0.1, 0.15) is 4.91 Å². The predicted octanol–water partition coefficient (Wildman–Crippen LogP) is 5.79. The first-order valence-electron chi connectivity index (χ1n) is 6.42. The average molecular weight is 392 g/mol. The van der Waals surface area contributed by atoms with Crippen LogP contribution in [0.2, 0.25) is 0 Å². The molecule has 0 spiro atoms. The molecule has 1 heterocycles. The van der Waals surface area contributed by atoms with Crippen molar-refractivity contribution in [1.29, 1.82) is 0 Å². The Morgan fingerprint density at radius 2 is 1.32 bits per heavy atom. The van der Waals surface area contributed by atoms with E-state index in [9.17, 15) is 10.1 Å². The molecule has 2 aromatic rings. The highest BCUT2D eigenvalue weighted by Crippen LogP contribution is 2.54. The lowest BCUT2D eigenvalue weighted by atomic mass is 10.2. The van der Waals surface area contributed by atoms with Gasteiger partial charge in [0.25, 0.3) is 0 Å². The van der Waals surface area contributed by atoms with Crippen molar-refractivity contribution < 1.29 is 4.92 Å². The van der Waals surface area contributed by atoms with Crippen LogP contribution in [0, 0.1) is 10.1 Å². The van der Waals surface area contributed by atoms with Crippen LogP contribution in [0.4, 0.5) is 0 Å². The maximum absolute atomic E-state index is 11.5. The van der Waals surface area contributed by atoms with E-state index in [1.165, 1.54) is 23.5 Å². The van der Waals surface area contributed by atoms with E-state index in [4.69, 9.17) is 0 Å². The molecule has 0 amide bonds. The number of nitro groups is 1. The van der Waals surface area contributed by atoms with Crippen LogP contribution in [0.15, 0.2) is 69.5 Å². The molecule has 0 bridgehead atoms. The van der Waals surface area contributed by atoms with E-state index in [2.05, 4.69) is 15.9 Å². The van der Waals surface area contributed by atoms with Crippen molar-refractivity contribution in [3.63, 3.8) is 0 Å². The molecule has 1 aliphatic heterocycles. The van der Waals surface area contributed by atoms with Crippen LogP contribution in [0.25, 0.3) is 9.81 Å². The Kier molecular flexibility index (Phi) is 4.71. The number of hydrogen-bond donors (Lipinski definition) is 0. The molecule has 22 heavy (non-hydrogen) atoms. The normalized spacial score (nSPS) is 15.1. The third-order valence-electron chi connectivity index (χ3n) is 3.00. The summed E-state index contributed by atoms with van der Waals surface area (Å²) in [6, 6.07) is 19.1. The lowest BCUT2D eigenvalue weighted by molar-refractivity contribution is -0.408. The van der Waals surface area contributed by atoms with Crippen molar-refractivity contribution in [2.24, 2.45) is 0 Å². The van der Waals surface area contributed by atoms with Crippen molar-refractivity contribution in [2.75, 3.05) is 0 Å². The van der Waals surface area contributed by atoms with Crippen LogP contribution >= 0.6 is 39.5 Å². The van der Waals surface area contributed by atoms with Crippen molar-refractivity contribution in [1.82, 2.24) is 0 Å². The van der Waals surface area contributed by atoms with E-state index in [-0.39, 0.29) is 9.95 Å². The second-order valence-electron chi connectivity index (χ2n) is 4.43. The second-order valence-corrected chi connectivity index (χ2v) is 7.77. The van der Waals surface area contributed by atoms with Gasteiger partial charge in [0.05, 0.1) is 8.74 Å². The molecule has 0 unspecified atom stereocenters. The zero-order chi connectivity index (χ0) is 15.5. The number of hydrogen-bond acceptors (Lipinski definition) is 4. The molecule has 0 fully saturated rings. The van der Waals surface area contributed by atoms with Gasteiger partial charge in [-0.25, -0.2) is 0 Å². The molecule has 0 radical (unpaired) electrons. The van der Waals surface area contributed by atoms with E-state index in [0.717, 1.165) is 19.8 Å². The summed E-state index contributed by atoms with van der Waals surface area (Å²) in [4.78, 5) is 12.7. The summed E-state index contributed by atoms with van der Waals surface area (Å²) in [5.41, 5.74) is 1.83. The summed E-state index contributed by atoms with van der Waals surface area (Å²) < 4.78 is 0.896. The number of thioether (sulfide) groups is 2. The molecule has 3 nitrogen and oxygen atoms in total. The SMILES string of the molecule is O=[N+]([O-])C1=C(c2ccccc2)SC(Br)=C(c2ccccc2)S1. The molecule has 110 valence electrons. The maximum atomic E-state index is 11.5. The van der Waals surface area contributed by atoms with Crippen LogP contribution in [-0.2, 0) is 0 Å². The van der Waals surface area contributed by atoms with Crippen molar-refractivity contribution >= 4 is 49.3 Å². The molecular weight excluding hydrogens is 382 g/mol. The van der Waals surface area contributed by atoms with Gasteiger partial charge in [-0.1, -0.05) is 72.4 Å². The van der Waals surface area contributed by atoms with E-state index in [1.54, 1.807) is 0 Å². The minimum absolute atomic E-state index is 0.165. The van der Waals surface area contributed by atoms with Crippen molar-refractivity contribution in [2.45, 2.75) is 0 Å². The van der Waals surface area contributed by atoms with Gasteiger partial charge in [-0.3, -0.25) is 10.1 Å². The first-order valence-corrected chi connectivity index (χ1v) is 8.84. The van der Waals surface area contributed by atoms with Gasteiger partial charge in [0.15, 0.2) is 0 Å². The Morgan fingerprint density at radius 1 is 0.818 bits per heavy atom. The maximum Gasteiger partial charge on any atom is 0.322 e. The lowest BCUT2D eigenvalue weighted by Gasteiger charge is -2.17. The summed E-state index contributed by atoms with van der Waals surface area (Å²) in [5, 5.41) is 11.7. The lowest BCUT2D eigenvalue weighted by Crippen LogP contribution is -2.02. The van der Waals surface area contributed by atoms with Crippen molar-refractivity contribution in [3.05, 3.63) is 90.7 Å². The standard InChI is InChI=1S/C16H10BrNO2S2/c17-15-13(11-7-3-1-4-8-11)22-16(18(19)20)14(21-15)12-9-5-2-6-10-12/h1-10H. The first kappa shape index (κ1) is 15.4. The smallest absolute Gasteiger partial charge is 0.258 e. The van der Waals surface area contributed by atoms with E-state index in [0.29, 0.717) is 4.91 Å². The summed E-state index contributed by atoms with van der Waals surface area (Å²) in [6.07, 6.45) is 0. The third kappa shape index (κ3) is 3.14. The monoisotopic (exact) mass is 391 g/mol. The van der Waals surface area contributed by atoms with Gasteiger partial charge in [0.2, 0.25) is 0 Å². The average Bonchev–Trinajstić information content (AvgIpc) is 2.56. The highest BCUT2D eigenvalue weighted by Gasteiger charge is 2.30. The molecule has 0 saturated carbocycles. The first-order chi connectivity index (χ1) is 10.7. The zero-order valence-corrected chi connectivity index (χ0v) is 14.5. The van der Waals surface area contributed by atoms with Crippen LogP contribution < -0.4 is 0 Å². The fourth-order valence-corrected chi connectivity index (χ4v) is 5.09. The van der Waals surface area contributed by atoms with E-state index >= 15 is 0 Å². The van der Waals surface area contributed by atoms with Gasteiger partial charge in [-0.2, -0.15) is 0 Å². The number of rotatable bonds is 3. The van der Waals surface area contributed by atoms with Gasteiger partial charge in [-0.05, 0) is 38.8 Å². The molecular formula is C16H10BrNO2S2. The highest BCUT2D eigenvalue weighted by atomic mass is 79.9. The van der Waals surface area contributed by atoms with Crippen molar-refractivity contribution in [3.8, 4) is 0 Å². The minimum Gasteiger partial charge on any atom is -0.258 e. The van der Waals surface area contributed by atoms with Gasteiger partial charge in [0, 0.05) is 4.91 Å². The number of halogens is 1. The topological polar surface area (TPSA) is 43.1 Å². The number of nitrogens with zero attached hydrogens (tertiary/aromatic N) is 1. The molecule has 6 heteroatoms. The molecule has 0 saturated heterocycles. The van der Waals surface area contributed by atoms with Crippen LogP contribution in [0.1, 0.15) is 11.1 Å². The summed E-state index contributed by atoms with van der Waals surface area (Å²) in [7, 11) is 0. The fourth-order valence-electron chi connectivity index (χ4n) is 2.02. The molecule has 0 aromatic heterocycles. The Balaban J connectivity index is 2.04. The molecule has 3 rings (SSSR count). The molecule has 1 aliphatic rings. The van der Waals surface area contributed by atoms with E-state index < -0.39 is 0 Å². The quantitative estimate of drug-likeness (QED) is 0.490. The fraction of sp³-hybridized carbons (Fsp3) is 0. The highest BCUT2D eigenvalue weighted by molar-refractivity contribution is 9.14. The molecule has 2 aromatic carbocycles. The predicted molar refractivity (Wildman–Crippen MR) is 97.8 cm³/mol. The molecule has 0 atom stereocenters. The van der Waals surface area contributed by atoms with Gasteiger partial charge >= 0.3 is 5.03 Å². The molecule has 0 aliphatic carbocycles. The van der Waals surface area contributed by atoms with Gasteiger partial charge in [-0.15, -0.1) is 0 Å². The Bertz CT molecular complexity index is 773. The zero-order valence-electron chi connectivity index (χ0n) is 11.2. The Morgan fingerprint density at radius 3 is 1.82 bits per heavy atom. The van der Waals surface area contributed by atoms with Crippen LogP contribution in [0.3, 0.4) is 0 Å². The van der Waals surface area contributed by atoms with Crippen LogP contribution in [0.5, 0.6) is 0 Å². The van der Waals surface area contributed by atoms with Gasteiger partial charge < -0.3 is 0 Å².